The predicted octanol–water partition coefficient (Wildman–Crippen LogP) is 1.39. The Balaban J connectivity index is 2.40. The van der Waals surface area contributed by atoms with Crippen LogP contribution in [0.25, 0.3) is 0 Å². The number of rotatable bonds is 5. The molecule has 0 saturated carbocycles. The zero-order chi connectivity index (χ0) is 12.0. The quantitative estimate of drug-likeness (QED) is 0.789. The van der Waals surface area contributed by atoms with Gasteiger partial charge in [0.25, 0.3) is 0 Å². The minimum absolute atomic E-state index is 0.0172. The van der Waals surface area contributed by atoms with E-state index in [0.29, 0.717) is 6.42 Å². The van der Waals surface area contributed by atoms with Gasteiger partial charge in [0.05, 0.1) is 6.04 Å². The number of nitrogens with zero attached hydrogens (tertiary/aromatic N) is 1. The summed E-state index contributed by atoms with van der Waals surface area (Å²) in [5.74, 6) is 0.0432. The van der Waals surface area contributed by atoms with Crippen LogP contribution in [-0.4, -0.2) is 16.9 Å². The number of amides is 1. The molecule has 0 fully saturated rings. The van der Waals surface area contributed by atoms with E-state index in [1.165, 1.54) is 0 Å². The molecular weight excluding hydrogens is 202 g/mol. The summed E-state index contributed by atoms with van der Waals surface area (Å²) in [7, 11) is 0. The molecule has 4 nitrogen and oxygen atoms in total. The van der Waals surface area contributed by atoms with E-state index in [-0.39, 0.29) is 18.0 Å². The second kappa shape index (κ2) is 6.23. The zero-order valence-corrected chi connectivity index (χ0v) is 9.81. The first-order chi connectivity index (χ1) is 7.59. The van der Waals surface area contributed by atoms with Crippen molar-refractivity contribution in [2.45, 2.75) is 38.8 Å². The van der Waals surface area contributed by atoms with E-state index >= 15 is 0 Å². The number of carbonyl (C=O) groups excluding carboxylic acids is 1. The van der Waals surface area contributed by atoms with E-state index in [4.69, 9.17) is 5.73 Å². The number of hydrogen-bond donors (Lipinski definition) is 2. The van der Waals surface area contributed by atoms with Crippen LogP contribution in [0.4, 0.5) is 0 Å². The lowest BCUT2D eigenvalue weighted by Crippen LogP contribution is -2.28. The molecule has 0 aliphatic carbocycles. The Labute approximate surface area is 96.3 Å². The molecule has 2 atom stereocenters. The van der Waals surface area contributed by atoms with Gasteiger partial charge in [0, 0.05) is 24.9 Å². The maximum atomic E-state index is 11.5. The van der Waals surface area contributed by atoms with Crippen LogP contribution < -0.4 is 11.1 Å². The molecule has 1 heterocycles. The Morgan fingerprint density at radius 3 is 2.62 bits per heavy atom. The Kier molecular flexibility index (Phi) is 4.92. The molecule has 1 aromatic heterocycles. The summed E-state index contributed by atoms with van der Waals surface area (Å²) in [6, 6.07) is 3.89. The lowest BCUT2D eigenvalue weighted by molar-refractivity contribution is -0.121. The molecule has 0 saturated heterocycles. The van der Waals surface area contributed by atoms with Crippen molar-refractivity contribution >= 4 is 5.91 Å². The van der Waals surface area contributed by atoms with Gasteiger partial charge in [-0.1, -0.05) is 0 Å². The maximum absolute atomic E-state index is 11.5. The van der Waals surface area contributed by atoms with Crippen molar-refractivity contribution in [2.24, 2.45) is 5.73 Å². The Morgan fingerprint density at radius 2 is 2.06 bits per heavy atom. The lowest BCUT2D eigenvalue weighted by atomic mass is 10.1. The van der Waals surface area contributed by atoms with Gasteiger partial charge in [-0.2, -0.15) is 0 Å². The van der Waals surface area contributed by atoms with Crippen molar-refractivity contribution in [3.05, 3.63) is 30.1 Å². The molecule has 0 radical (unpaired) electrons. The van der Waals surface area contributed by atoms with Gasteiger partial charge in [0.2, 0.25) is 5.91 Å². The molecule has 1 aromatic rings. The monoisotopic (exact) mass is 221 g/mol. The van der Waals surface area contributed by atoms with Crippen LogP contribution in [-0.2, 0) is 4.79 Å². The minimum atomic E-state index is 0.0172. The van der Waals surface area contributed by atoms with Crippen LogP contribution in [0.2, 0.25) is 0 Å². The summed E-state index contributed by atoms with van der Waals surface area (Å²) >= 11 is 0. The third kappa shape index (κ3) is 4.40. The molecule has 0 spiro atoms. The van der Waals surface area contributed by atoms with Crippen LogP contribution in [0.15, 0.2) is 24.5 Å². The zero-order valence-electron chi connectivity index (χ0n) is 9.81. The van der Waals surface area contributed by atoms with Gasteiger partial charge in [-0.15, -0.1) is 0 Å². The SMILES string of the molecule is CC(N)CCC(=O)N[C@@H](C)c1ccncc1. The molecular formula is C12H19N3O. The van der Waals surface area contributed by atoms with Crippen molar-refractivity contribution < 1.29 is 4.79 Å². The fraction of sp³-hybridized carbons (Fsp3) is 0.500. The van der Waals surface area contributed by atoms with Gasteiger partial charge in [-0.3, -0.25) is 9.78 Å². The van der Waals surface area contributed by atoms with Crippen LogP contribution in [0, 0.1) is 0 Å². The average Bonchev–Trinajstić information content (AvgIpc) is 2.27. The number of nitrogens with two attached hydrogens (primary N) is 1. The summed E-state index contributed by atoms with van der Waals surface area (Å²) in [6.07, 6.45) is 4.64. The third-order valence-corrected chi connectivity index (χ3v) is 2.41. The second-order valence-corrected chi connectivity index (χ2v) is 4.09. The molecule has 0 aliphatic rings. The number of aromatic nitrogens is 1. The Bertz CT molecular complexity index is 324. The average molecular weight is 221 g/mol. The number of pyridine rings is 1. The van der Waals surface area contributed by atoms with Gasteiger partial charge in [-0.25, -0.2) is 0 Å². The molecule has 0 bridgehead atoms. The van der Waals surface area contributed by atoms with Crippen molar-refractivity contribution in [1.82, 2.24) is 10.3 Å². The van der Waals surface area contributed by atoms with E-state index in [0.717, 1.165) is 12.0 Å². The Morgan fingerprint density at radius 1 is 1.44 bits per heavy atom. The predicted molar refractivity (Wildman–Crippen MR) is 63.7 cm³/mol. The molecule has 88 valence electrons. The van der Waals surface area contributed by atoms with Crippen LogP contribution in [0.5, 0.6) is 0 Å². The smallest absolute Gasteiger partial charge is 0.220 e. The largest absolute Gasteiger partial charge is 0.350 e. The molecule has 16 heavy (non-hydrogen) atoms. The first-order valence-corrected chi connectivity index (χ1v) is 5.54. The molecule has 1 unspecified atom stereocenters. The van der Waals surface area contributed by atoms with E-state index in [9.17, 15) is 4.79 Å². The van der Waals surface area contributed by atoms with Crippen LogP contribution >= 0.6 is 0 Å². The summed E-state index contributed by atoms with van der Waals surface area (Å²) in [4.78, 5) is 15.5. The van der Waals surface area contributed by atoms with Gasteiger partial charge in [0.15, 0.2) is 0 Å². The van der Waals surface area contributed by atoms with Crippen LogP contribution in [0.1, 0.15) is 38.3 Å². The van der Waals surface area contributed by atoms with E-state index in [2.05, 4.69) is 10.3 Å². The van der Waals surface area contributed by atoms with Gasteiger partial charge in [-0.05, 0) is 38.0 Å². The van der Waals surface area contributed by atoms with Crippen molar-refractivity contribution in [3.63, 3.8) is 0 Å². The molecule has 3 N–H and O–H groups in total. The number of nitrogens with one attached hydrogen (secondary N) is 1. The highest BCUT2D eigenvalue weighted by Crippen LogP contribution is 2.10. The highest BCUT2D eigenvalue weighted by atomic mass is 16.1. The molecule has 0 aromatic carbocycles. The standard InChI is InChI=1S/C12H19N3O/c1-9(13)3-4-12(16)15-10(2)11-5-7-14-8-6-11/h5-10H,3-4,13H2,1-2H3,(H,15,16)/t9?,10-/m0/s1. The maximum Gasteiger partial charge on any atom is 0.220 e. The first-order valence-electron chi connectivity index (χ1n) is 5.54. The number of carbonyl (C=O) groups is 1. The van der Waals surface area contributed by atoms with Gasteiger partial charge < -0.3 is 11.1 Å². The van der Waals surface area contributed by atoms with Crippen molar-refractivity contribution in [2.75, 3.05) is 0 Å². The van der Waals surface area contributed by atoms with E-state index < -0.39 is 0 Å². The second-order valence-electron chi connectivity index (χ2n) is 4.09. The van der Waals surface area contributed by atoms with Gasteiger partial charge >= 0.3 is 0 Å². The summed E-state index contributed by atoms with van der Waals surface area (Å²) < 4.78 is 0. The summed E-state index contributed by atoms with van der Waals surface area (Å²) in [5.41, 5.74) is 6.65. The minimum Gasteiger partial charge on any atom is -0.350 e. The van der Waals surface area contributed by atoms with E-state index in [1.54, 1.807) is 12.4 Å². The fourth-order valence-corrected chi connectivity index (χ4v) is 1.41. The van der Waals surface area contributed by atoms with Crippen molar-refractivity contribution in [3.8, 4) is 0 Å². The Hall–Kier alpha value is -1.42. The highest BCUT2D eigenvalue weighted by Gasteiger charge is 2.09. The van der Waals surface area contributed by atoms with Crippen LogP contribution in [0.3, 0.4) is 0 Å². The normalized spacial score (nSPS) is 14.2. The molecule has 0 aliphatic heterocycles. The summed E-state index contributed by atoms with van der Waals surface area (Å²) in [6.45, 7) is 3.86. The highest BCUT2D eigenvalue weighted by molar-refractivity contribution is 5.76. The number of hydrogen-bond acceptors (Lipinski definition) is 3. The topological polar surface area (TPSA) is 68.0 Å². The fourth-order valence-electron chi connectivity index (χ4n) is 1.41. The molecule has 4 heteroatoms. The lowest BCUT2D eigenvalue weighted by Gasteiger charge is -2.14. The first kappa shape index (κ1) is 12.6. The molecule has 1 amide bonds. The van der Waals surface area contributed by atoms with Crippen molar-refractivity contribution in [1.29, 1.82) is 0 Å². The molecule has 1 rings (SSSR count). The third-order valence-electron chi connectivity index (χ3n) is 2.41. The van der Waals surface area contributed by atoms with Gasteiger partial charge in [0.1, 0.15) is 0 Å². The van der Waals surface area contributed by atoms with E-state index in [1.807, 2.05) is 26.0 Å². The summed E-state index contributed by atoms with van der Waals surface area (Å²) in [5, 5.41) is 2.93.